The Bertz CT molecular complexity index is 3010. The van der Waals surface area contributed by atoms with E-state index >= 15 is 0 Å². The van der Waals surface area contributed by atoms with Crippen LogP contribution < -0.4 is 28.4 Å². The summed E-state index contributed by atoms with van der Waals surface area (Å²) in [6, 6.07) is 26.4. The number of halogens is 10. The van der Waals surface area contributed by atoms with Crippen LogP contribution in [0.3, 0.4) is 0 Å². The molecule has 26 heteroatoms. The Hall–Kier alpha value is -5.28. The summed E-state index contributed by atoms with van der Waals surface area (Å²) in [6.45, 7) is 5.89. The van der Waals surface area contributed by atoms with Crippen LogP contribution in [0.4, 0.5) is 43.9 Å². The zero-order valence-corrected chi connectivity index (χ0v) is 53.2. The number of phenolic OH excluding ortho intramolecular Hbond substituents is 2. The molecule has 14 nitrogen and oxygen atoms in total. The molecule has 0 radical (unpaired) electrons. The first-order valence-electron chi connectivity index (χ1n) is 30.6. The number of hydrogen-bond acceptors (Lipinski definition) is 12. The van der Waals surface area contributed by atoms with E-state index in [4.69, 9.17) is 28.4 Å². The Morgan fingerprint density at radius 3 is 1.26 bits per heavy atom. The maximum Gasteiger partial charge on any atom is 0.453 e. The third kappa shape index (κ3) is 23.1. The minimum Gasteiger partial charge on any atom is -0.508 e. The highest BCUT2D eigenvalue weighted by Gasteiger charge is 2.57. The van der Waals surface area contributed by atoms with E-state index in [-0.39, 0.29) is 60.8 Å². The van der Waals surface area contributed by atoms with Crippen LogP contribution in [0.25, 0.3) is 0 Å². The van der Waals surface area contributed by atoms with Crippen molar-refractivity contribution in [3.05, 3.63) is 107 Å². The molecular formula is C64H88F10N2O12S2. The molecule has 0 saturated carbocycles. The molecule has 90 heavy (non-hydrogen) atoms. The van der Waals surface area contributed by atoms with Gasteiger partial charge >= 0.3 is 24.2 Å². The summed E-state index contributed by atoms with van der Waals surface area (Å²) in [5.74, 6) is -7.75. The van der Waals surface area contributed by atoms with Gasteiger partial charge in [-0.2, -0.15) is 43.9 Å². The lowest BCUT2D eigenvalue weighted by Crippen LogP contribution is -2.40. The van der Waals surface area contributed by atoms with Gasteiger partial charge in [0.25, 0.3) is 0 Å². The van der Waals surface area contributed by atoms with E-state index in [1.54, 1.807) is 38.5 Å². The number of alkyl halides is 10. The Kier molecular flexibility index (Phi) is 29.0. The number of nitrogens with one attached hydrogen (secondary N) is 2. The van der Waals surface area contributed by atoms with Crippen LogP contribution >= 0.6 is 0 Å². The number of hydrogen-bond donors (Lipinski definition) is 4. The highest BCUT2D eigenvalue weighted by atomic mass is 32.2. The summed E-state index contributed by atoms with van der Waals surface area (Å²) in [5.41, 5.74) is 3.80. The molecule has 0 saturated heterocycles. The van der Waals surface area contributed by atoms with Crippen LogP contribution in [0.2, 0.25) is 0 Å². The van der Waals surface area contributed by atoms with Crippen molar-refractivity contribution >= 4 is 20.0 Å². The van der Waals surface area contributed by atoms with Crippen molar-refractivity contribution in [2.75, 3.05) is 65.6 Å². The summed E-state index contributed by atoms with van der Waals surface area (Å²) in [5, 5.41) is 19.7. The van der Waals surface area contributed by atoms with Gasteiger partial charge in [0.15, 0.2) is 13.6 Å². The number of benzene rings is 4. The van der Waals surface area contributed by atoms with Gasteiger partial charge in [-0.15, -0.1) is 0 Å². The standard InChI is InChI=1S/C34H48F5NO7S.C30H40F5NO5S/c1-32(26-13-15-27(16-14-26)46-24-43-2)23-45-31-22-28(47-25-44-3)17-18-29(31)30(32)12-9-7-5-4-6-8-10-20-40-48(41,42)21-11-19-33(35,36)34(37,38)39;1-28(22-11-13-23(37)14-12-22)21-41-27-20-24(38)15-16-25(27)26(28)10-7-5-3-2-4-6-8-18-36-42(39,40)19-9-17-29(31,32)30(33,34)35/h13-18,22,30,40H,4-12,19-21,23-25H2,1-3H3;11-16,20,26,36-38H,2-10,17-19,21H2,1H3. The van der Waals surface area contributed by atoms with Gasteiger partial charge in [0.2, 0.25) is 20.0 Å². The van der Waals surface area contributed by atoms with Gasteiger partial charge in [-0.3, -0.25) is 0 Å². The van der Waals surface area contributed by atoms with Crippen LogP contribution in [0.1, 0.15) is 176 Å². The monoisotopic (exact) mass is 1330 g/mol. The van der Waals surface area contributed by atoms with Crippen LogP contribution in [0, 0.1) is 0 Å². The summed E-state index contributed by atoms with van der Waals surface area (Å²) in [7, 11) is -4.67. The lowest BCUT2D eigenvalue weighted by molar-refractivity contribution is -0.284. The van der Waals surface area contributed by atoms with Crippen molar-refractivity contribution in [2.24, 2.45) is 0 Å². The molecule has 2 aliphatic heterocycles. The molecule has 2 heterocycles. The minimum absolute atomic E-state index is 0.118. The molecule has 4 aromatic rings. The van der Waals surface area contributed by atoms with Crippen molar-refractivity contribution in [3.8, 4) is 34.5 Å². The quantitative estimate of drug-likeness (QED) is 0.0189. The number of unbranched alkanes of at least 4 members (excludes halogenated alkanes) is 12. The molecule has 4 aromatic carbocycles. The van der Waals surface area contributed by atoms with E-state index in [0.717, 1.165) is 124 Å². The number of fused-ring (bicyclic) bond motifs is 2. The number of aromatic hydroxyl groups is 2. The van der Waals surface area contributed by atoms with Crippen LogP contribution in [0.5, 0.6) is 34.5 Å². The third-order valence-electron chi connectivity index (χ3n) is 16.7. The number of ether oxygens (including phenoxy) is 6. The fourth-order valence-electron chi connectivity index (χ4n) is 11.4. The largest absolute Gasteiger partial charge is 0.508 e. The molecule has 6 rings (SSSR count). The summed E-state index contributed by atoms with van der Waals surface area (Å²) < 4.78 is 211. The van der Waals surface area contributed by atoms with Crippen LogP contribution in [-0.2, 0) is 40.4 Å². The molecule has 508 valence electrons. The fraction of sp³-hybridized carbons (Fsp3) is 0.625. The first kappa shape index (κ1) is 75.4. The maximum absolute atomic E-state index is 13.0. The number of methoxy groups -OCH3 is 2. The second-order valence-corrected chi connectivity index (χ2v) is 27.5. The van der Waals surface area contributed by atoms with Gasteiger partial charge in [0, 0.05) is 74.9 Å². The van der Waals surface area contributed by atoms with Crippen LogP contribution in [0.15, 0.2) is 84.9 Å². The Morgan fingerprint density at radius 2 is 0.833 bits per heavy atom. The smallest absolute Gasteiger partial charge is 0.453 e. The zero-order chi connectivity index (χ0) is 66.3. The number of sulfonamides is 2. The predicted molar refractivity (Wildman–Crippen MR) is 323 cm³/mol. The van der Waals surface area contributed by atoms with Gasteiger partial charge in [0.05, 0.1) is 24.7 Å². The number of phenols is 2. The number of rotatable bonds is 38. The molecule has 0 fully saturated rings. The van der Waals surface area contributed by atoms with Gasteiger partial charge in [-0.25, -0.2) is 26.3 Å². The van der Waals surface area contributed by atoms with Gasteiger partial charge in [-0.1, -0.05) is 127 Å². The van der Waals surface area contributed by atoms with E-state index < -0.39 is 81.4 Å². The highest BCUT2D eigenvalue weighted by Crippen LogP contribution is 2.52. The van der Waals surface area contributed by atoms with E-state index in [1.165, 1.54) is 0 Å². The molecule has 0 spiro atoms. The molecule has 4 unspecified atom stereocenters. The summed E-state index contributed by atoms with van der Waals surface area (Å²) in [4.78, 5) is 0. The predicted octanol–water partition coefficient (Wildman–Crippen LogP) is 15.7. The van der Waals surface area contributed by atoms with Crippen LogP contribution in [-0.4, -0.2) is 117 Å². The average molecular weight is 1330 g/mol. The third-order valence-corrected chi connectivity index (χ3v) is 19.6. The molecule has 4 N–H and O–H groups in total. The normalized spacial score (nSPS) is 18.8. The molecule has 0 bridgehead atoms. The SMILES string of the molecule is CC1(c2ccc(O)cc2)COc2cc(O)ccc2C1CCCCCCCCCNS(=O)(=O)CCCC(F)(F)C(F)(F)F.COCOc1ccc(C2(C)COc3cc(OCOC)ccc3C2CCCCCCCCCNS(=O)(=O)CCCC(F)(F)C(F)(F)F)cc1. The van der Waals surface area contributed by atoms with Crippen molar-refractivity contribution in [1.29, 1.82) is 0 Å². The average Bonchev–Trinajstić information content (AvgIpc) is 0.795. The van der Waals surface area contributed by atoms with E-state index in [9.17, 15) is 71.0 Å². The second kappa shape index (κ2) is 34.6. The Morgan fingerprint density at radius 1 is 0.478 bits per heavy atom. The topological polar surface area (TPSA) is 188 Å². The van der Waals surface area contributed by atoms with Gasteiger partial charge in [0.1, 0.15) is 34.5 Å². The van der Waals surface area contributed by atoms with E-state index in [2.05, 4.69) is 41.5 Å². The van der Waals surface area contributed by atoms with Gasteiger partial charge in [-0.05, 0) is 97.2 Å². The Labute approximate surface area is 523 Å². The minimum atomic E-state index is -5.68. The highest BCUT2D eigenvalue weighted by molar-refractivity contribution is 7.89. The molecule has 2 aliphatic rings. The van der Waals surface area contributed by atoms with Gasteiger partial charge < -0.3 is 38.6 Å². The molecular weight excluding hydrogens is 1240 g/mol. The van der Waals surface area contributed by atoms with E-state index in [1.807, 2.05) is 42.5 Å². The first-order chi connectivity index (χ1) is 42.4. The summed E-state index contributed by atoms with van der Waals surface area (Å²) in [6.07, 6.45) is -1.76. The summed E-state index contributed by atoms with van der Waals surface area (Å²) >= 11 is 0. The van der Waals surface area contributed by atoms with Crippen molar-refractivity contribution in [2.45, 2.75) is 189 Å². The lowest BCUT2D eigenvalue weighted by Gasteiger charge is -2.43. The molecule has 0 amide bonds. The molecule has 0 aromatic heterocycles. The van der Waals surface area contributed by atoms with Crippen molar-refractivity contribution < 1.29 is 99.4 Å². The Balaban J connectivity index is 0.000000330. The zero-order valence-electron chi connectivity index (χ0n) is 51.6. The van der Waals surface area contributed by atoms with Crippen molar-refractivity contribution in [1.82, 2.24) is 9.44 Å². The van der Waals surface area contributed by atoms with Crippen molar-refractivity contribution in [3.63, 3.8) is 0 Å². The second-order valence-electron chi connectivity index (χ2n) is 23.7. The lowest BCUT2D eigenvalue weighted by atomic mass is 9.66. The first-order valence-corrected chi connectivity index (χ1v) is 33.9. The maximum atomic E-state index is 13.0. The van der Waals surface area contributed by atoms with E-state index in [0.29, 0.717) is 37.6 Å². The molecule has 4 atom stereocenters. The molecule has 0 aliphatic carbocycles. The fourth-order valence-corrected chi connectivity index (χ4v) is 13.7.